The highest BCUT2D eigenvalue weighted by atomic mass is 32.2. The van der Waals surface area contributed by atoms with E-state index in [1.165, 1.54) is 16.7 Å². The number of rotatable bonds is 3. The van der Waals surface area contributed by atoms with Gasteiger partial charge in [-0.3, -0.25) is 14.5 Å². The minimum Gasteiger partial charge on any atom is -0.454 e. The van der Waals surface area contributed by atoms with Crippen LogP contribution in [0, 0.1) is 0 Å². The Bertz CT molecular complexity index is 589. The van der Waals surface area contributed by atoms with Gasteiger partial charge in [0.2, 0.25) is 18.6 Å². The van der Waals surface area contributed by atoms with Gasteiger partial charge < -0.3 is 14.8 Å². The van der Waals surface area contributed by atoms with Gasteiger partial charge in [0.15, 0.2) is 11.5 Å². The fourth-order valence-electron chi connectivity index (χ4n) is 1.85. The molecule has 1 aromatic rings. The van der Waals surface area contributed by atoms with Crippen LogP contribution in [0.5, 0.6) is 11.5 Å². The normalized spacial score (nSPS) is 16.7. The van der Waals surface area contributed by atoms with Crippen molar-refractivity contribution in [2.45, 2.75) is 0 Å². The van der Waals surface area contributed by atoms with Crippen molar-refractivity contribution in [1.29, 1.82) is 0 Å². The van der Waals surface area contributed by atoms with Crippen molar-refractivity contribution < 1.29 is 19.1 Å². The summed E-state index contributed by atoms with van der Waals surface area (Å²) in [5, 5.41) is 2.70. The highest BCUT2D eigenvalue weighted by Gasteiger charge is 2.28. The van der Waals surface area contributed by atoms with Crippen molar-refractivity contribution >= 4 is 45.8 Å². The Morgan fingerprint density at radius 3 is 2.95 bits per heavy atom. The fourth-order valence-corrected chi connectivity index (χ4v) is 2.92. The van der Waals surface area contributed by atoms with Crippen molar-refractivity contribution in [3.05, 3.63) is 18.2 Å². The molecule has 1 saturated heterocycles. The lowest BCUT2D eigenvalue weighted by Crippen LogP contribution is -2.36. The SMILES string of the molecule is O=C(CN1C(=O)CSC1=S)Nc1ccc2c(c1)OCO2. The predicted molar refractivity (Wildman–Crippen MR) is 78.0 cm³/mol. The lowest BCUT2D eigenvalue weighted by atomic mass is 10.2. The van der Waals surface area contributed by atoms with Crippen LogP contribution in [-0.2, 0) is 9.59 Å². The van der Waals surface area contributed by atoms with Gasteiger partial charge in [-0.05, 0) is 12.1 Å². The summed E-state index contributed by atoms with van der Waals surface area (Å²) in [7, 11) is 0. The molecule has 0 atom stereocenters. The first-order valence-electron chi connectivity index (χ1n) is 5.80. The number of ether oxygens (including phenoxy) is 2. The molecule has 0 unspecified atom stereocenters. The summed E-state index contributed by atoms with van der Waals surface area (Å²) in [5.74, 6) is 1.10. The zero-order chi connectivity index (χ0) is 14.1. The van der Waals surface area contributed by atoms with Crippen LogP contribution in [0.3, 0.4) is 0 Å². The second kappa shape index (κ2) is 5.29. The number of carbonyl (C=O) groups excluding carboxylic acids is 2. The van der Waals surface area contributed by atoms with E-state index in [9.17, 15) is 9.59 Å². The number of nitrogens with zero attached hydrogens (tertiary/aromatic N) is 1. The summed E-state index contributed by atoms with van der Waals surface area (Å²) in [6.45, 7) is 0.111. The minimum atomic E-state index is -0.304. The van der Waals surface area contributed by atoms with E-state index in [4.69, 9.17) is 21.7 Å². The molecule has 0 aromatic heterocycles. The summed E-state index contributed by atoms with van der Waals surface area (Å²) in [6, 6.07) is 5.11. The Kier molecular flexibility index (Phi) is 3.49. The number of carbonyl (C=O) groups is 2. The number of hydrogen-bond donors (Lipinski definition) is 1. The van der Waals surface area contributed by atoms with Crippen molar-refractivity contribution in [3.8, 4) is 11.5 Å². The highest BCUT2D eigenvalue weighted by Crippen LogP contribution is 2.34. The van der Waals surface area contributed by atoms with Crippen LogP contribution in [0.2, 0.25) is 0 Å². The Hall–Kier alpha value is -1.80. The van der Waals surface area contributed by atoms with Gasteiger partial charge in [-0.15, -0.1) is 0 Å². The lowest BCUT2D eigenvalue weighted by molar-refractivity contribution is -0.127. The van der Waals surface area contributed by atoms with Crippen molar-refractivity contribution in [2.24, 2.45) is 0 Å². The Morgan fingerprint density at radius 1 is 1.40 bits per heavy atom. The first-order valence-corrected chi connectivity index (χ1v) is 7.19. The third-order valence-electron chi connectivity index (χ3n) is 2.80. The Balaban J connectivity index is 1.64. The molecule has 6 nitrogen and oxygen atoms in total. The minimum absolute atomic E-state index is 0.0703. The lowest BCUT2D eigenvalue weighted by Gasteiger charge is -2.14. The van der Waals surface area contributed by atoms with E-state index >= 15 is 0 Å². The summed E-state index contributed by atoms with van der Waals surface area (Å²) in [5.41, 5.74) is 0.587. The highest BCUT2D eigenvalue weighted by molar-refractivity contribution is 8.23. The average Bonchev–Trinajstić information content (AvgIpc) is 3.00. The number of amides is 2. The first kappa shape index (κ1) is 13.2. The van der Waals surface area contributed by atoms with Gasteiger partial charge in [0.1, 0.15) is 10.9 Å². The van der Waals surface area contributed by atoms with Gasteiger partial charge in [-0.2, -0.15) is 0 Å². The number of nitrogens with one attached hydrogen (secondary N) is 1. The maximum Gasteiger partial charge on any atom is 0.244 e. The molecule has 0 aliphatic carbocycles. The second-order valence-corrected chi connectivity index (χ2v) is 5.76. The van der Waals surface area contributed by atoms with E-state index in [1.807, 2.05) is 0 Å². The molecule has 2 aliphatic rings. The number of thioether (sulfide) groups is 1. The number of hydrogen-bond acceptors (Lipinski definition) is 6. The zero-order valence-electron chi connectivity index (χ0n) is 10.3. The van der Waals surface area contributed by atoms with Crippen LogP contribution in [0.4, 0.5) is 5.69 Å². The largest absolute Gasteiger partial charge is 0.454 e. The molecule has 20 heavy (non-hydrogen) atoms. The van der Waals surface area contributed by atoms with Crippen LogP contribution in [0.25, 0.3) is 0 Å². The molecule has 8 heteroatoms. The molecule has 104 valence electrons. The van der Waals surface area contributed by atoms with E-state index < -0.39 is 0 Å². The van der Waals surface area contributed by atoms with Crippen molar-refractivity contribution in [2.75, 3.05) is 24.4 Å². The molecule has 0 radical (unpaired) electrons. The molecule has 1 fully saturated rings. The Morgan fingerprint density at radius 2 is 2.20 bits per heavy atom. The van der Waals surface area contributed by atoms with Crippen LogP contribution in [0.1, 0.15) is 0 Å². The van der Waals surface area contributed by atoms with Crippen molar-refractivity contribution in [1.82, 2.24) is 4.90 Å². The number of thiocarbonyl (C=S) groups is 1. The van der Waals surface area contributed by atoms with E-state index in [0.29, 0.717) is 27.3 Å². The van der Waals surface area contributed by atoms with Gasteiger partial charge in [0.05, 0.1) is 5.75 Å². The summed E-state index contributed by atoms with van der Waals surface area (Å²) >= 11 is 6.29. The van der Waals surface area contributed by atoms with E-state index in [0.717, 1.165) is 0 Å². The molecule has 2 heterocycles. The van der Waals surface area contributed by atoms with Crippen molar-refractivity contribution in [3.63, 3.8) is 0 Å². The summed E-state index contributed by atoms with van der Waals surface area (Å²) in [4.78, 5) is 24.7. The number of fused-ring (bicyclic) bond motifs is 1. The second-order valence-electron chi connectivity index (χ2n) is 4.15. The molecular formula is C12H10N2O4S2. The van der Waals surface area contributed by atoms with Gasteiger partial charge in [0, 0.05) is 11.8 Å². The van der Waals surface area contributed by atoms with Gasteiger partial charge in [-0.1, -0.05) is 24.0 Å². The molecule has 0 spiro atoms. The Labute approximate surface area is 124 Å². The topological polar surface area (TPSA) is 67.9 Å². The smallest absolute Gasteiger partial charge is 0.244 e. The van der Waals surface area contributed by atoms with Crippen LogP contribution in [-0.4, -0.2) is 40.1 Å². The molecule has 1 N–H and O–H groups in total. The predicted octanol–water partition coefficient (Wildman–Crippen LogP) is 1.21. The maximum absolute atomic E-state index is 11.9. The molecular weight excluding hydrogens is 300 g/mol. The van der Waals surface area contributed by atoms with Crippen LogP contribution < -0.4 is 14.8 Å². The zero-order valence-corrected chi connectivity index (χ0v) is 11.9. The standard InChI is InChI=1S/C12H10N2O4S2/c15-10(4-14-11(16)5-20-12(14)19)13-7-1-2-8-9(3-7)18-6-17-8/h1-3H,4-6H2,(H,13,15). The number of benzene rings is 1. The first-order chi connectivity index (χ1) is 9.63. The number of anilines is 1. The van der Waals surface area contributed by atoms with Gasteiger partial charge in [-0.25, -0.2) is 0 Å². The van der Waals surface area contributed by atoms with E-state index in [2.05, 4.69) is 5.32 Å². The monoisotopic (exact) mass is 310 g/mol. The molecule has 2 aliphatic heterocycles. The molecule has 3 rings (SSSR count). The van der Waals surface area contributed by atoms with Gasteiger partial charge >= 0.3 is 0 Å². The molecule has 0 bridgehead atoms. The van der Waals surface area contributed by atoms with E-state index in [1.54, 1.807) is 18.2 Å². The molecule has 2 amide bonds. The van der Waals surface area contributed by atoms with Gasteiger partial charge in [0.25, 0.3) is 0 Å². The fraction of sp³-hybridized carbons (Fsp3) is 0.250. The maximum atomic E-state index is 11.9. The quantitative estimate of drug-likeness (QED) is 0.847. The third kappa shape index (κ3) is 2.56. The average molecular weight is 310 g/mol. The van der Waals surface area contributed by atoms with Crippen LogP contribution in [0.15, 0.2) is 18.2 Å². The third-order valence-corrected chi connectivity index (χ3v) is 4.23. The van der Waals surface area contributed by atoms with E-state index in [-0.39, 0.29) is 25.2 Å². The molecule has 1 aromatic carbocycles. The van der Waals surface area contributed by atoms with Crippen LogP contribution >= 0.6 is 24.0 Å². The molecule has 0 saturated carbocycles. The summed E-state index contributed by atoms with van der Waals surface area (Å²) in [6.07, 6.45) is 0. The summed E-state index contributed by atoms with van der Waals surface area (Å²) < 4.78 is 10.9.